The zero-order valence-corrected chi connectivity index (χ0v) is 10.7. The molecule has 0 aliphatic rings. The van der Waals surface area contributed by atoms with E-state index in [0.717, 1.165) is 25.1 Å². The van der Waals surface area contributed by atoms with Gasteiger partial charge >= 0.3 is 0 Å². The van der Waals surface area contributed by atoms with E-state index >= 15 is 0 Å². The summed E-state index contributed by atoms with van der Waals surface area (Å²) >= 11 is 5.90. The Morgan fingerprint density at radius 1 is 1.69 bits per heavy atom. The average molecular weight is 241 g/mol. The summed E-state index contributed by atoms with van der Waals surface area (Å²) in [4.78, 5) is 0. The molecule has 0 saturated heterocycles. The molecule has 1 aromatic heterocycles. The normalized spacial score (nSPS) is 14.4. The minimum Gasteiger partial charge on any atom is -0.303 e. The summed E-state index contributed by atoms with van der Waals surface area (Å²) in [5.41, 5.74) is 0.523. The molecule has 0 radical (unpaired) electrons. The second-order valence-corrected chi connectivity index (χ2v) is 4.51. The Morgan fingerprint density at radius 2 is 2.38 bits per heavy atom. The van der Waals surface area contributed by atoms with Gasteiger partial charge in [0.05, 0.1) is 23.0 Å². The zero-order chi connectivity index (χ0) is 12.2. The summed E-state index contributed by atoms with van der Waals surface area (Å²) < 4.78 is 1.87. The lowest BCUT2D eigenvalue weighted by Crippen LogP contribution is -2.38. The van der Waals surface area contributed by atoms with Gasteiger partial charge < -0.3 is 5.32 Å². The summed E-state index contributed by atoms with van der Waals surface area (Å²) in [6.45, 7) is 4.63. The van der Waals surface area contributed by atoms with Crippen LogP contribution in [0.3, 0.4) is 0 Å². The zero-order valence-electron chi connectivity index (χ0n) is 9.92. The van der Waals surface area contributed by atoms with E-state index in [2.05, 4.69) is 16.5 Å². The van der Waals surface area contributed by atoms with Gasteiger partial charge in [-0.15, -0.1) is 0 Å². The van der Waals surface area contributed by atoms with Crippen LogP contribution in [0.2, 0.25) is 5.02 Å². The molecule has 88 valence electrons. The van der Waals surface area contributed by atoms with Gasteiger partial charge in [-0.05, 0) is 33.7 Å². The molecule has 1 aromatic rings. The molecule has 0 aromatic carbocycles. The van der Waals surface area contributed by atoms with E-state index in [1.165, 1.54) is 0 Å². The molecule has 1 N–H and O–H groups in total. The summed E-state index contributed by atoms with van der Waals surface area (Å²) in [5, 5.41) is 16.9. The molecule has 0 bridgehead atoms. The Hall–Kier alpha value is -1.05. The number of hydrogen-bond donors (Lipinski definition) is 1. The first-order valence-corrected chi connectivity index (χ1v) is 5.68. The van der Waals surface area contributed by atoms with E-state index in [1.807, 2.05) is 18.5 Å². The molecule has 0 aliphatic carbocycles. The van der Waals surface area contributed by atoms with E-state index < -0.39 is 5.54 Å². The van der Waals surface area contributed by atoms with Gasteiger partial charge in [0.1, 0.15) is 5.54 Å². The van der Waals surface area contributed by atoms with Crippen molar-refractivity contribution in [2.75, 3.05) is 7.05 Å². The van der Waals surface area contributed by atoms with Crippen LogP contribution < -0.4 is 5.32 Å². The first-order valence-electron chi connectivity index (χ1n) is 5.30. The van der Waals surface area contributed by atoms with Crippen LogP contribution in [0.5, 0.6) is 0 Å². The number of aryl methyl sites for hydroxylation is 1. The predicted octanol–water partition coefficient (Wildman–Crippen LogP) is 2.13. The molecule has 1 heterocycles. The van der Waals surface area contributed by atoms with Crippen molar-refractivity contribution in [2.45, 2.75) is 38.8 Å². The molecule has 16 heavy (non-hydrogen) atoms. The van der Waals surface area contributed by atoms with Gasteiger partial charge in [0.25, 0.3) is 0 Å². The lowest BCUT2D eigenvalue weighted by Gasteiger charge is -2.20. The second-order valence-electron chi connectivity index (χ2n) is 4.10. The molecular formula is C11H17ClN4. The summed E-state index contributed by atoms with van der Waals surface area (Å²) in [6, 6.07) is 2.27. The maximum atomic E-state index is 8.99. The second kappa shape index (κ2) is 5.33. The molecule has 0 fully saturated rings. The fourth-order valence-corrected chi connectivity index (χ4v) is 1.61. The maximum Gasteiger partial charge on any atom is 0.103 e. The van der Waals surface area contributed by atoms with Crippen molar-refractivity contribution in [3.8, 4) is 6.07 Å². The van der Waals surface area contributed by atoms with E-state index in [9.17, 15) is 0 Å². The molecule has 0 spiro atoms. The highest BCUT2D eigenvalue weighted by Crippen LogP contribution is 2.16. The van der Waals surface area contributed by atoms with Gasteiger partial charge in [0, 0.05) is 6.54 Å². The minimum atomic E-state index is -0.454. The number of halogens is 1. The molecule has 5 heteroatoms. The Bertz CT molecular complexity index is 393. The number of nitrogens with zero attached hydrogens (tertiary/aromatic N) is 3. The van der Waals surface area contributed by atoms with Crippen molar-refractivity contribution in [3.05, 3.63) is 16.9 Å². The standard InChI is InChI=1S/C11H17ClN4/c1-9-10(12)7-15-16(9)6-4-5-11(2,8-13)14-3/h7,14H,4-6H2,1-3H3. The number of hydrogen-bond acceptors (Lipinski definition) is 3. The van der Waals surface area contributed by atoms with Crippen LogP contribution in [0, 0.1) is 18.3 Å². The van der Waals surface area contributed by atoms with Crippen LogP contribution in [-0.2, 0) is 6.54 Å². The van der Waals surface area contributed by atoms with Crippen LogP contribution >= 0.6 is 11.6 Å². The number of rotatable bonds is 5. The van der Waals surface area contributed by atoms with Gasteiger partial charge in [-0.2, -0.15) is 10.4 Å². The van der Waals surface area contributed by atoms with Crippen molar-refractivity contribution in [2.24, 2.45) is 0 Å². The topological polar surface area (TPSA) is 53.6 Å². The third kappa shape index (κ3) is 2.97. The molecule has 0 saturated carbocycles. The highest BCUT2D eigenvalue weighted by atomic mass is 35.5. The van der Waals surface area contributed by atoms with Crippen molar-refractivity contribution >= 4 is 11.6 Å². The predicted molar refractivity (Wildman–Crippen MR) is 64.3 cm³/mol. The quantitative estimate of drug-likeness (QED) is 0.858. The van der Waals surface area contributed by atoms with Crippen molar-refractivity contribution in [3.63, 3.8) is 0 Å². The lowest BCUT2D eigenvalue weighted by molar-refractivity contribution is 0.413. The Morgan fingerprint density at radius 3 is 2.81 bits per heavy atom. The van der Waals surface area contributed by atoms with Gasteiger partial charge in [-0.25, -0.2) is 0 Å². The average Bonchev–Trinajstić information content (AvgIpc) is 2.60. The minimum absolute atomic E-state index is 0.454. The molecule has 1 atom stereocenters. The van der Waals surface area contributed by atoms with Crippen molar-refractivity contribution < 1.29 is 0 Å². The van der Waals surface area contributed by atoms with Crippen molar-refractivity contribution in [1.82, 2.24) is 15.1 Å². The maximum absolute atomic E-state index is 8.99. The lowest BCUT2D eigenvalue weighted by atomic mass is 9.98. The first kappa shape index (κ1) is 13.0. The van der Waals surface area contributed by atoms with E-state index in [-0.39, 0.29) is 0 Å². The van der Waals surface area contributed by atoms with Gasteiger partial charge in [-0.1, -0.05) is 11.6 Å². The monoisotopic (exact) mass is 240 g/mol. The van der Waals surface area contributed by atoms with Crippen LogP contribution in [0.15, 0.2) is 6.20 Å². The molecule has 1 rings (SSSR count). The van der Waals surface area contributed by atoms with E-state index in [1.54, 1.807) is 13.2 Å². The number of aromatic nitrogens is 2. The van der Waals surface area contributed by atoms with Crippen molar-refractivity contribution in [1.29, 1.82) is 5.26 Å². The highest BCUT2D eigenvalue weighted by Gasteiger charge is 2.20. The highest BCUT2D eigenvalue weighted by molar-refractivity contribution is 6.31. The van der Waals surface area contributed by atoms with Gasteiger partial charge in [0.2, 0.25) is 0 Å². The Balaban J connectivity index is 2.48. The first-order chi connectivity index (χ1) is 7.52. The van der Waals surface area contributed by atoms with Gasteiger partial charge in [-0.3, -0.25) is 4.68 Å². The largest absolute Gasteiger partial charge is 0.303 e. The third-order valence-corrected chi connectivity index (χ3v) is 3.26. The third-order valence-electron chi connectivity index (χ3n) is 2.89. The summed E-state index contributed by atoms with van der Waals surface area (Å²) in [7, 11) is 1.80. The van der Waals surface area contributed by atoms with Crippen LogP contribution in [-0.4, -0.2) is 22.4 Å². The number of nitriles is 1. The number of nitrogens with one attached hydrogen (secondary N) is 1. The Kier molecular flexibility index (Phi) is 4.34. The van der Waals surface area contributed by atoms with E-state index in [4.69, 9.17) is 16.9 Å². The Labute approximate surface area is 101 Å². The summed E-state index contributed by atoms with van der Waals surface area (Å²) in [6.07, 6.45) is 3.33. The summed E-state index contributed by atoms with van der Waals surface area (Å²) in [5.74, 6) is 0. The fourth-order valence-electron chi connectivity index (χ4n) is 1.47. The molecule has 0 aliphatic heterocycles. The molecule has 4 nitrogen and oxygen atoms in total. The molecule has 0 amide bonds. The fraction of sp³-hybridized carbons (Fsp3) is 0.636. The van der Waals surface area contributed by atoms with E-state index in [0.29, 0.717) is 5.02 Å². The smallest absolute Gasteiger partial charge is 0.103 e. The molecule has 1 unspecified atom stereocenters. The van der Waals surface area contributed by atoms with Crippen LogP contribution in [0.4, 0.5) is 0 Å². The van der Waals surface area contributed by atoms with Gasteiger partial charge in [0.15, 0.2) is 0 Å². The van der Waals surface area contributed by atoms with Crippen LogP contribution in [0.1, 0.15) is 25.5 Å². The van der Waals surface area contributed by atoms with Crippen LogP contribution in [0.25, 0.3) is 0 Å². The molecular weight excluding hydrogens is 224 g/mol. The SMILES string of the molecule is CNC(C)(C#N)CCCn1ncc(Cl)c1C.